The van der Waals surface area contributed by atoms with Crippen molar-refractivity contribution >= 4 is 33.2 Å². The molecule has 5 atom stereocenters. The van der Waals surface area contributed by atoms with Crippen LogP contribution in [0.2, 0.25) is 5.02 Å². The van der Waals surface area contributed by atoms with Gasteiger partial charge >= 0.3 is 0 Å². The van der Waals surface area contributed by atoms with Crippen LogP contribution in [0.3, 0.4) is 0 Å². The molecule has 3 N–H and O–H groups in total. The van der Waals surface area contributed by atoms with Crippen LogP contribution in [-0.2, 0) is 21.9 Å². The van der Waals surface area contributed by atoms with Gasteiger partial charge in [-0.3, -0.25) is 4.79 Å². The number of anilines is 1. The van der Waals surface area contributed by atoms with Gasteiger partial charge in [0, 0.05) is 35.1 Å². The van der Waals surface area contributed by atoms with E-state index in [-0.39, 0.29) is 17.0 Å². The Kier molecular flexibility index (Phi) is 9.07. The molecule has 9 heteroatoms. The number of fused-ring (bicyclic) bond motifs is 3. The number of aryl methyl sites for hydroxylation is 1. The number of allylic oxidation sites excluding steroid dienone is 1. The third-order valence-corrected chi connectivity index (χ3v) is 11.5. The summed E-state index contributed by atoms with van der Waals surface area (Å²) in [4.78, 5) is 15.6. The van der Waals surface area contributed by atoms with Crippen LogP contribution in [0.4, 0.5) is 5.69 Å². The predicted octanol–water partition coefficient (Wildman–Crippen LogP) is 5.77. The minimum Gasteiger partial charge on any atom is -0.490 e. The van der Waals surface area contributed by atoms with Crippen LogP contribution in [-0.4, -0.2) is 45.3 Å². The molecular weight excluding hydrogens is 570 g/mol. The molecule has 2 unspecified atom stereocenters. The fourth-order valence-corrected chi connectivity index (χ4v) is 8.06. The number of nitrogens with one attached hydrogen (secondary N) is 1. The van der Waals surface area contributed by atoms with Gasteiger partial charge in [0.2, 0.25) is 10.0 Å². The number of carbonyl (C=O) groups is 1. The molecular formula is C33H42ClN3O4S. The Morgan fingerprint density at radius 3 is 2.79 bits per heavy atom. The zero-order valence-electron chi connectivity index (χ0n) is 24.4. The van der Waals surface area contributed by atoms with Gasteiger partial charge in [0.25, 0.3) is 5.91 Å². The fraction of sp³-hybridized carbons (Fsp3) is 0.485. The van der Waals surface area contributed by atoms with E-state index in [9.17, 15) is 13.2 Å². The molecule has 3 aliphatic rings. The Bertz CT molecular complexity index is 1460. The standard InChI is InChI=1S/C33H42ClN3O4S/c1-4-6-8-22(3)42(39,40)36-32(38)24-11-15-31-30(18-24)37(19-25-10-13-27(25)29(35)5-2)20-33(21-41-31)16-7-9-23-17-26(34)12-14-28(23)33/h4-5,11-12,14-15,17-18,22,25,27,29H,1-2,6-10,13,16,19-21,35H2,3H3,(H,36,38)/t22?,25-,27+,29?,33-/m0/s1. The van der Waals surface area contributed by atoms with E-state index in [1.165, 1.54) is 11.1 Å². The molecule has 2 aromatic carbocycles. The molecule has 0 saturated heterocycles. The fourth-order valence-electron chi connectivity index (χ4n) is 6.84. The molecule has 1 fully saturated rings. The number of hydrogen-bond donors (Lipinski definition) is 2. The summed E-state index contributed by atoms with van der Waals surface area (Å²) in [5.74, 6) is 0.765. The van der Waals surface area contributed by atoms with Crippen LogP contribution in [0.5, 0.6) is 5.75 Å². The summed E-state index contributed by atoms with van der Waals surface area (Å²) in [7, 11) is -3.84. The summed E-state index contributed by atoms with van der Waals surface area (Å²) in [6.07, 6.45) is 9.56. The van der Waals surface area contributed by atoms with Crippen molar-refractivity contribution in [3.05, 3.63) is 83.4 Å². The highest BCUT2D eigenvalue weighted by Crippen LogP contribution is 2.46. The van der Waals surface area contributed by atoms with Gasteiger partial charge in [-0.25, -0.2) is 13.1 Å². The summed E-state index contributed by atoms with van der Waals surface area (Å²) >= 11 is 6.38. The van der Waals surface area contributed by atoms with E-state index >= 15 is 0 Å². The molecule has 0 bridgehead atoms. The van der Waals surface area contributed by atoms with E-state index in [4.69, 9.17) is 22.1 Å². The molecule has 1 spiro atoms. The molecule has 1 amide bonds. The lowest BCUT2D eigenvalue weighted by atomic mass is 9.68. The van der Waals surface area contributed by atoms with Gasteiger partial charge in [0.05, 0.1) is 17.5 Å². The van der Waals surface area contributed by atoms with Crippen LogP contribution in [0.1, 0.15) is 66.9 Å². The maximum Gasteiger partial charge on any atom is 0.264 e. The highest BCUT2D eigenvalue weighted by molar-refractivity contribution is 7.90. The van der Waals surface area contributed by atoms with Crippen molar-refractivity contribution in [2.45, 2.75) is 68.6 Å². The minimum atomic E-state index is -3.84. The van der Waals surface area contributed by atoms with Crippen LogP contribution in [0.25, 0.3) is 0 Å². The molecule has 0 aromatic heterocycles. The molecule has 7 nitrogen and oxygen atoms in total. The Balaban J connectivity index is 1.48. The van der Waals surface area contributed by atoms with Crippen molar-refractivity contribution < 1.29 is 17.9 Å². The third kappa shape index (κ3) is 6.12. The normalized spacial score (nSPS) is 24.7. The zero-order chi connectivity index (χ0) is 30.1. The van der Waals surface area contributed by atoms with Crippen molar-refractivity contribution in [3.8, 4) is 5.75 Å². The first-order chi connectivity index (χ1) is 20.1. The first-order valence-electron chi connectivity index (χ1n) is 14.9. The van der Waals surface area contributed by atoms with Crippen LogP contribution >= 0.6 is 11.6 Å². The van der Waals surface area contributed by atoms with E-state index in [1.807, 2.05) is 12.1 Å². The SMILES string of the molecule is C=CCCC(C)S(=O)(=O)NC(=O)c1ccc2c(c1)N(C[C@@H]1CC[C@H]1C(N)C=C)C[C@@]1(CCCc3cc(Cl)ccc31)CO2. The zero-order valence-corrected chi connectivity index (χ0v) is 25.9. The number of nitrogens with two attached hydrogens (primary N) is 1. The quantitative estimate of drug-likeness (QED) is 0.331. The number of hydrogen-bond acceptors (Lipinski definition) is 6. The number of halogens is 1. The van der Waals surface area contributed by atoms with Crippen molar-refractivity contribution in [1.82, 2.24) is 4.72 Å². The lowest BCUT2D eigenvalue weighted by Gasteiger charge is -2.45. The van der Waals surface area contributed by atoms with E-state index in [2.05, 4.69) is 34.9 Å². The molecule has 2 aliphatic carbocycles. The summed E-state index contributed by atoms with van der Waals surface area (Å²) < 4.78 is 34.5. The molecule has 226 valence electrons. The topological polar surface area (TPSA) is 102 Å². The van der Waals surface area contributed by atoms with Crippen LogP contribution < -0.4 is 20.1 Å². The van der Waals surface area contributed by atoms with Crippen molar-refractivity contribution in [2.24, 2.45) is 17.6 Å². The van der Waals surface area contributed by atoms with E-state index in [0.717, 1.165) is 49.4 Å². The molecule has 42 heavy (non-hydrogen) atoms. The number of rotatable bonds is 10. The van der Waals surface area contributed by atoms with Gasteiger partial charge in [0.15, 0.2) is 0 Å². The Labute approximate surface area is 255 Å². The number of benzene rings is 2. The smallest absolute Gasteiger partial charge is 0.264 e. The average Bonchev–Trinajstić information content (AvgIpc) is 3.10. The molecule has 1 aliphatic heterocycles. The highest BCUT2D eigenvalue weighted by atomic mass is 35.5. The minimum absolute atomic E-state index is 0.0663. The van der Waals surface area contributed by atoms with Gasteiger partial charge in [-0.15, -0.1) is 13.2 Å². The second-order valence-corrected chi connectivity index (χ2v) is 14.8. The second kappa shape index (κ2) is 12.4. The average molecular weight is 612 g/mol. The summed E-state index contributed by atoms with van der Waals surface area (Å²) in [5.41, 5.74) is 9.76. The first kappa shape index (κ1) is 30.6. The summed E-state index contributed by atoms with van der Waals surface area (Å²) in [6, 6.07) is 11.3. The number of carbonyl (C=O) groups excluding carboxylic acids is 1. The summed E-state index contributed by atoms with van der Waals surface area (Å²) in [6.45, 7) is 11.2. The maximum atomic E-state index is 13.3. The monoisotopic (exact) mass is 611 g/mol. The van der Waals surface area contributed by atoms with E-state index in [0.29, 0.717) is 43.6 Å². The molecule has 0 radical (unpaired) electrons. The number of nitrogens with zero attached hydrogens (tertiary/aromatic N) is 1. The Morgan fingerprint density at radius 2 is 2.07 bits per heavy atom. The van der Waals surface area contributed by atoms with Gasteiger partial charge in [-0.1, -0.05) is 29.8 Å². The molecule has 1 heterocycles. The summed E-state index contributed by atoms with van der Waals surface area (Å²) in [5, 5.41) is 0.0186. The number of ether oxygens (including phenoxy) is 1. The van der Waals surface area contributed by atoms with Gasteiger partial charge in [-0.05, 0) is 105 Å². The number of sulfonamides is 1. The lowest BCUT2D eigenvalue weighted by Crippen LogP contribution is -2.50. The maximum absolute atomic E-state index is 13.3. The van der Waals surface area contributed by atoms with Crippen LogP contribution in [0, 0.1) is 11.8 Å². The molecule has 1 saturated carbocycles. The molecule has 2 aromatic rings. The third-order valence-electron chi connectivity index (χ3n) is 9.54. The van der Waals surface area contributed by atoms with Gasteiger partial charge < -0.3 is 15.4 Å². The first-order valence-corrected chi connectivity index (χ1v) is 16.8. The van der Waals surface area contributed by atoms with Crippen LogP contribution in [0.15, 0.2) is 61.7 Å². The van der Waals surface area contributed by atoms with E-state index in [1.54, 1.807) is 31.2 Å². The van der Waals surface area contributed by atoms with Crippen molar-refractivity contribution in [1.29, 1.82) is 0 Å². The largest absolute Gasteiger partial charge is 0.490 e. The van der Waals surface area contributed by atoms with Crippen molar-refractivity contribution in [2.75, 3.05) is 24.6 Å². The lowest BCUT2D eigenvalue weighted by molar-refractivity contribution is 0.0981. The number of amides is 1. The Hall–Kier alpha value is -2.81. The Morgan fingerprint density at radius 1 is 1.26 bits per heavy atom. The predicted molar refractivity (Wildman–Crippen MR) is 170 cm³/mol. The van der Waals surface area contributed by atoms with E-state index < -0.39 is 21.2 Å². The van der Waals surface area contributed by atoms with Gasteiger partial charge in [0.1, 0.15) is 5.75 Å². The second-order valence-electron chi connectivity index (χ2n) is 12.3. The van der Waals surface area contributed by atoms with Gasteiger partial charge in [-0.2, -0.15) is 0 Å². The van der Waals surface area contributed by atoms with Crippen molar-refractivity contribution in [3.63, 3.8) is 0 Å². The molecule has 5 rings (SSSR count). The highest BCUT2D eigenvalue weighted by Gasteiger charge is 2.44.